The van der Waals surface area contributed by atoms with Gasteiger partial charge in [0.2, 0.25) is 5.95 Å². The van der Waals surface area contributed by atoms with Crippen molar-refractivity contribution in [1.29, 1.82) is 0 Å². The minimum atomic E-state index is -0.342. The van der Waals surface area contributed by atoms with Gasteiger partial charge in [-0.15, -0.1) is 5.10 Å². The first kappa shape index (κ1) is 19.6. The monoisotopic (exact) mass is 423 g/mol. The number of fused-ring (bicyclic) bond motifs is 1. The van der Waals surface area contributed by atoms with Crippen molar-refractivity contribution in [3.05, 3.63) is 94.4 Å². The van der Waals surface area contributed by atoms with Crippen molar-refractivity contribution < 1.29 is 0 Å². The van der Waals surface area contributed by atoms with Crippen LogP contribution < -0.4 is 11.4 Å². The SMILES string of the molecule is Cc1cc(-c2c(-c3ccccc3)nc(N)n3c(=O)n(Cc4ccncc4)nc23)cc(C)n1. The second kappa shape index (κ2) is 7.73. The van der Waals surface area contributed by atoms with Gasteiger partial charge in [0.1, 0.15) is 0 Å². The standard InChI is InChI=1S/C24H21N7O/c1-15-12-19(13-16(2)27-15)20-21(18-6-4-3-5-7-18)28-23(25)31-22(20)29-30(24(31)32)14-17-8-10-26-11-9-17/h3-13H,14H2,1-2H3,(H2,25,28). The van der Waals surface area contributed by atoms with E-state index in [1.807, 2.05) is 68.4 Å². The van der Waals surface area contributed by atoms with Crippen molar-refractivity contribution in [1.82, 2.24) is 29.1 Å². The smallest absolute Gasteiger partial charge is 0.353 e. The van der Waals surface area contributed by atoms with Crippen molar-refractivity contribution in [2.24, 2.45) is 0 Å². The third-order valence-corrected chi connectivity index (χ3v) is 5.25. The van der Waals surface area contributed by atoms with Crippen LogP contribution in [-0.4, -0.2) is 29.1 Å². The molecule has 2 N–H and O–H groups in total. The molecule has 4 aromatic heterocycles. The molecule has 5 rings (SSSR count). The minimum Gasteiger partial charge on any atom is -0.369 e. The molecule has 0 saturated heterocycles. The van der Waals surface area contributed by atoms with Crippen LogP contribution in [0.4, 0.5) is 5.95 Å². The number of anilines is 1. The fourth-order valence-electron chi connectivity index (χ4n) is 3.92. The number of hydrogen-bond acceptors (Lipinski definition) is 6. The van der Waals surface area contributed by atoms with Crippen LogP contribution in [0.2, 0.25) is 0 Å². The van der Waals surface area contributed by atoms with Crippen molar-refractivity contribution in [2.45, 2.75) is 20.4 Å². The average Bonchev–Trinajstić information content (AvgIpc) is 3.10. The molecule has 0 fully saturated rings. The van der Waals surface area contributed by atoms with Crippen LogP contribution in [0.25, 0.3) is 28.0 Å². The van der Waals surface area contributed by atoms with Crippen LogP contribution in [0.1, 0.15) is 17.0 Å². The van der Waals surface area contributed by atoms with Crippen molar-refractivity contribution in [2.75, 3.05) is 5.73 Å². The van der Waals surface area contributed by atoms with Crippen molar-refractivity contribution >= 4 is 11.6 Å². The van der Waals surface area contributed by atoms with Crippen LogP contribution >= 0.6 is 0 Å². The normalized spacial score (nSPS) is 11.2. The van der Waals surface area contributed by atoms with Crippen LogP contribution in [0.3, 0.4) is 0 Å². The van der Waals surface area contributed by atoms with E-state index in [1.54, 1.807) is 12.4 Å². The molecule has 0 spiro atoms. The largest absolute Gasteiger partial charge is 0.369 e. The molecule has 8 nitrogen and oxygen atoms in total. The Balaban J connectivity index is 1.84. The number of aryl methyl sites for hydroxylation is 2. The Kier molecular flexibility index (Phi) is 4.74. The molecule has 0 amide bonds. The number of nitrogens with two attached hydrogens (primary N) is 1. The highest BCUT2D eigenvalue weighted by Gasteiger charge is 2.22. The maximum absolute atomic E-state index is 13.2. The Hall–Kier alpha value is -4.33. The first-order chi connectivity index (χ1) is 15.5. The van der Waals surface area contributed by atoms with Gasteiger partial charge in [-0.3, -0.25) is 9.97 Å². The van der Waals surface area contributed by atoms with E-state index in [2.05, 4.69) is 15.0 Å². The molecule has 0 unspecified atom stereocenters. The van der Waals surface area contributed by atoms with Gasteiger partial charge >= 0.3 is 5.69 Å². The van der Waals surface area contributed by atoms with Gasteiger partial charge in [-0.1, -0.05) is 30.3 Å². The van der Waals surface area contributed by atoms with E-state index in [1.165, 1.54) is 9.08 Å². The summed E-state index contributed by atoms with van der Waals surface area (Å²) in [5.41, 5.74) is 12.2. The lowest BCUT2D eigenvalue weighted by molar-refractivity contribution is 0.658. The molecular formula is C24H21N7O. The molecule has 0 bridgehead atoms. The van der Waals surface area contributed by atoms with Gasteiger partial charge in [-0.05, 0) is 49.2 Å². The summed E-state index contributed by atoms with van der Waals surface area (Å²) >= 11 is 0. The highest BCUT2D eigenvalue weighted by molar-refractivity contribution is 5.90. The lowest BCUT2D eigenvalue weighted by Gasteiger charge is -2.13. The lowest BCUT2D eigenvalue weighted by atomic mass is 9.99. The fraction of sp³-hybridized carbons (Fsp3) is 0.125. The quantitative estimate of drug-likeness (QED) is 0.476. The van der Waals surface area contributed by atoms with Crippen LogP contribution in [-0.2, 0) is 6.54 Å². The third-order valence-electron chi connectivity index (χ3n) is 5.25. The molecule has 4 heterocycles. The Labute approximate surface area is 184 Å². The summed E-state index contributed by atoms with van der Waals surface area (Å²) in [6.45, 7) is 4.18. The molecule has 0 aliphatic rings. The number of pyridine rings is 2. The van der Waals surface area contributed by atoms with E-state index in [4.69, 9.17) is 10.8 Å². The maximum atomic E-state index is 13.2. The summed E-state index contributed by atoms with van der Waals surface area (Å²) in [5.74, 6) is 0.0936. The molecule has 32 heavy (non-hydrogen) atoms. The van der Waals surface area contributed by atoms with Gasteiger partial charge < -0.3 is 5.73 Å². The second-order valence-electron chi connectivity index (χ2n) is 7.65. The summed E-state index contributed by atoms with van der Waals surface area (Å²) in [6, 6.07) is 17.4. The molecule has 1 aromatic carbocycles. The van der Waals surface area contributed by atoms with Crippen LogP contribution in [0.5, 0.6) is 0 Å². The molecule has 0 aliphatic heterocycles. The molecular weight excluding hydrogens is 402 g/mol. The Morgan fingerprint density at radius 2 is 1.59 bits per heavy atom. The topological polar surface area (TPSA) is 104 Å². The molecule has 0 atom stereocenters. The van der Waals surface area contributed by atoms with Gasteiger partial charge in [0.25, 0.3) is 0 Å². The molecule has 158 valence electrons. The molecule has 0 radical (unpaired) electrons. The van der Waals surface area contributed by atoms with Crippen LogP contribution in [0.15, 0.2) is 71.8 Å². The predicted molar refractivity (Wildman–Crippen MR) is 123 cm³/mol. The first-order valence-electron chi connectivity index (χ1n) is 10.2. The molecule has 8 heteroatoms. The van der Waals surface area contributed by atoms with Gasteiger partial charge in [0, 0.05) is 29.3 Å². The van der Waals surface area contributed by atoms with Crippen molar-refractivity contribution in [3.63, 3.8) is 0 Å². The summed E-state index contributed by atoms with van der Waals surface area (Å²) < 4.78 is 2.77. The van der Waals surface area contributed by atoms with E-state index < -0.39 is 0 Å². The summed E-state index contributed by atoms with van der Waals surface area (Å²) in [6.07, 6.45) is 3.38. The molecule has 0 saturated carbocycles. The number of hydrogen-bond donors (Lipinski definition) is 1. The number of benzene rings is 1. The third kappa shape index (κ3) is 3.41. The number of aromatic nitrogens is 6. The summed E-state index contributed by atoms with van der Waals surface area (Å²) in [4.78, 5) is 26.4. The highest BCUT2D eigenvalue weighted by Crippen LogP contribution is 2.34. The summed E-state index contributed by atoms with van der Waals surface area (Å²) in [5, 5.41) is 4.70. The fourth-order valence-corrected chi connectivity index (χ4v) is 3.92. The van der Waals surface area contributed by atoms with E-state index >= 15 is 0 Å². The zero-order chi connectivity index (χ0) is 22.2. The van der Waals surface area contributed by atoms with E-state index in [0.717, 1.165) is 33.6 Å². The number of nitrogens with zero attached hydrogens (tertiary/aromatic N) is 6. The predicted octanol–water partition coefficient (Wildman–Crippen LogP) is 3.26. The van der Waals surface area contributed by atoms with Gasteiger partial charge in [0.15, 0.2) is 5.65 Å². The lowest BCUT2D eigenvalue weighted by Crippen LogP contribution is -2.23. The molecule has 0 aliphatic carbocycles. The van der Waals surface area contributed by atoms with E-state index in [0.29, 0.717) is 17.9 Å². The van der Waals surface area contributed by atoms with E-state index in [-0.39, 0.29) is 11.6 Å². The van der Waals surface area contributed by atoms with Gasteiger partial charge in [-0.25, -0.2) is 18.9 Å². The molecule has 5 aromatic rings. The maximum Gasteiger partial charge on any atom is 0.353 e. The highest BCUT2D eigenvalue weighted by atomic mass is 16.2. The van der Waals surface area contributed by atoms with E-state index in [9.17, 15) is 4.79 Å². The second-order valence-corrected chi connectivity index (χ2v) is 7.65. The van der Waals surface area contributed by atoms with Gasteiger partial charge in [0.05, 0.1) is 17.8 Å². The number of rotatable bonds is 4. The van der Waals surface area contributed by atoms with Gasteiger partial charge in [-0.2, -0.15) is 0 Å². The van der Waals surface area contributed by atoms with Crippen molar-refractivity contribution in [3.8, 4) is 22.4 Å². The number of nitrogen functional groups attached to an aromatic ring is 1. The minimum absolute atomic E-state index is 0.0936. The zero-order valence-corrected chi connectivity index (χ0v) is 17.7. The Morgan fingerprint density at radius 1 is 0.906 bits per heavy atom. The Morgan fingerprint density at radius 3 is 2.28 bits per heavy atom. The van der Waals surface area contributed by atoms with Crippen LogP contribution in [0, 0.1) is 13.8 Å². The summed E-state index contributed by atoms with van der Waals surface area (Å²) in [7, 11) is 0. The zero-order valence-electron chi connectivity index (χ0n) is 17.7. The Bertz CT molecular complexity index is 1470. The first-order valence-corrected chi connectivity index (χ1v) is 10.2. The average molecular weight is 423 g/mol.